The topological polar surface area (TPSA) is 100 Å². The molecule has 17 aromatic rings. The zero-order valence-corrected chi connectivity index (χ0v) is 52.8. The van der Waals surface area contributed by atoms with E-state index in [0.717, 1.165) is 138 Å². The van der Waals surface area contributed by atoms with Crippen LogP contribution in [0.3, 0.4) is 0 Å². The minimum Gasteiger partial charge on any atom is -0.309 e. The summed E-state index contributed by atoms with van der Waals surface area (Å²) in [5.74, 6) is 1.14. The Bertz CT molecular complexity index is 5610. The van der Waals surface area contributed by atoms with E-state index in [1.54, 1.807) is 6.07 Å². The molecule has 8 heteroatoms. The molecule has 454 valence electrons. The molecule has 0 radical (unpaired) electrons. The summed E-state index contributed by atoms with van der Waals surface area (Å²) < 4.78 is 4.64. The molecular weight excluding hydrogens is 1190 g/mol. The minimum atomic E-state index is 0.368. The van der Waals surface area contributed by atoms with Crippen LogP contribution in [0.15, 0.2) is 328 Å². The maximum atomic E-state index is 10.9. The van der Waals surface area contributed by atoms with Gasteiger partial charge in [0.2, 0.25) is 0 Å². The smallest absolute Gasteiger partial charge is 0.194 e. The molecule has 0 amide bonds. The van der Waals surface area contributed by atoms with Crippen LogP contribution in [-0.2, 0) is 0 Å². The van der Waals surface area contributed by atoms with E-state index in [9.17, 15) is 10.5 Å². The van der Waals surface area contributed by atoms with Crippen LogP contribution in [0.25, 0.3) is 172 Å². The number of fused-ring (bicyclic) bond motifs is 6. The van der Waals surface area contributed by atoms with Crippen molar-refractivity contribution in [2.24, 2.45) is 0 Å². The summed E-state index contributed by atoms with van der Waals surface area (Å²) in [7, 11) is 0. The molecule has 98 heavy (non-hydrogen) atoms. The molecule has 8 nitrogen and oxygen atoms in total. The van der Waals surface area contributed by atoms with Gasteiger partial charge in [0.25, 0.3) is 0 Å². The van der Waals surface area contributed by atoms with E-state index < -0.39 is 0 Å². The first kappa shape index (κ1) is 58.0. The fourth-order valence-corrected chi connectivity index (χ4v) is 14.0. The molecule has 0 aliphatic carbocycles. The molecular formula is C90H54N8. The predicted octanol–water partition coefficient (Wildman–Crippen LogP) is 23.0. The lowest BCUT2D eigenvalue weighted by Gasteiger charge is -2.18. The number of para-hydroxylation sites is 1. The quantitative estimate of drug-likeness (QED) is 0.113. The number of benzene rings is 14. The third-order valence-corrected chi connectivity index (χ3v) is 18.7. The van der Waals surface area contributed by atoms with E-state index in [1.807, 2.05) is 115 Å². The van der Waals surface area contributed by atoms with Gasteiger partial charge >= 0.3 is 0 Å². The SMILES string of the molecule is [C-]#[N+]c1ccccc1-c1ccc(-n2c3ccc(-c4ccccc4)cc3c3cc(-c4ccccc4)ccc32)cc1-c1nc(-c2ccc(-c3cccc(C#N)c3)cc2)nc(-c2cc(-n3c4ccc(-c5ccccc5)cc4c4cc(-c5ccccc5)ccc43)ccc2-c2ccccc2C#N)n1. The van der Waals surface area contributed by atoms with Crippen LogP contribution < -0.4 is 0 Å². The molecule has 0 bridgehead atoms. The van der Waals surface area contributed by atoms with Crippen molar-refractivity contribution < 1.29 is 0 Å². The van der Waals surface area contributed by atoms with Crippen molar-refractivity contribution in [1.82, 2.24) is 24.1 Å². The van der Waals surface area contributed by atoms with Gasteiger partial charge in [-0.25, -0.2) is 19.8 Å². The lowest BCUT2D eigenvalue weighted by Crippen LogP contribution is -2.04. The van der Waals surface area contributed by atoms with Crippen molar-refractivity contribution in [1.29, 1.82) is 10.5 Å². The van der Waals surface area contributed by atoms with E-state index in [-0.39, 0.29) is 0 Å². The van der Waals surface area contributed by atoms with Gasteiger partial charge in [-0.15, -0.1) is 0 Å². The second-order valence-corrected chi connectivity index (χ2v) is 24.4. The van der Waals surface area contributed by atoms with Gasteiger partial charge in [-0.3, -0.25) is 0 Å². The largest absolute Gasteiger partial charge is 0.309 e. The van der Waals surface area contributed by atoms with Crippen LogP contribution in [0.4, 0.5) is 5.69 Å². The summed E-state index contributed by atoms with van der Waals surface area (Å²) >= 11 is 0. The van der Waals surface area contributed by atoms with E-state index in [2.05, 4.69) is 232 Å². The van der Waals surface area contributed by atoms with Crippen molar-refractivity contribution in [2.45, 2.75) is 0 Å². The van der Waals surface area contributed by atoms with Crippen LogP contribution in [0.2, 0.25) is 0 Å². The predicted molar refractivity (Wildman–Crippen MR) is 399 cm³/mol. The number of hydrogen-bond donors (Lipinski definition) is 0. The first-order chi connectivity index (χ1) is 48.4. The van der Waals surface area contributed by atoms with Gasteiger partial charge in [-0.05, 0) is 163 Å². The first-order valence-electron chi connectivity index (χ1n) is 32.4. The third-order valence-electron chi connectivity index (χ3n) is 18.7. The van der Waals surface area contributed by atoms with Crippen LogP contribution in [0.5, 0.6) is 0 Å². The van der Waals surface area contributed by atoms with Crippen LogP contribution in [0, 0.1) is 29.2 Å². The van der Waals surface area contributed by atoms with Gasteiger partial charge in [0.05, 0.1) is 51.9 Å². The summed E-state index contributed by atoms with van der Waals surface area (Å²) in [5, 5.41) is 25.2. The fraction of sp³-hybridized carbons (Fsp3) is 0. The maximum Gasteiger partial charge on any atom is 0.194 e. The highest BCUT2D eigenvalue weighted by molar-refractivity contribution is 6.13. The minimum absolute atomic E-state index is 0.368. The number of nitrogens with zero attached hydrogens (tertiary/aromatic N) is 8. The molecule has 0 aliphatic rings. The fourth-order valence-electron chi connectivity index (χ4n) is 14.0. The Labute approximate surface area is 566 Å². The van der Waals surface area contributed by atoms with Crippen LogP contribution in [-0.4, -0.2) is 24.1 Å². The molecule has 17 rings (SSSR count). The van der Waals surface area contributed by atoms with Crippen LogP contribution in [0.1, 0.15) is 11.1 Å². The van der Waals surface area contributed by atoms with Crippen LogP contribution >= 0.6 is 0 Å². The highest BCUT2D eigenvalue weighted by atomic mass is 15.0. The van der Waals surface area contributed by atoms with Gasteiger partial charge in [0, 0.05) is 55.2 Å². The van der Waals surface area contributed by atoms with Crippen molar-refractivity contribution >= 4 is 49.3 Å². The highest BCUT2D eigenvalue weighted by Gasteiger charge is 2.25. The van der Waals surface area contributed by atoms with Gasteiger partial charge in [-0.2, -0.15) is 10.5 Å². The lowest BCUT2D eigenvalue weighted by molar-refractivity contribution is 1.07. The molecule has 14 aromatic carbocycles. The first-order valence-corrected chi connectivity index (χ1v) is 32.4. The molecule has 3 aromatic heterocycles. The van der Waals surface area contributed by atoms with Gasteiger partial charge < -0.3 is 9.13 Å². The van der Waals surface area contributed by atoms with Gasteiger partial charge in [0.15, 0.2) is 23.2 Å². The standard InChI is InChI=1S/C90H54N8/c1-93-83-32-17-16-31-76(83)75-44-42-72(98-86-47-39-68(61-24-10-4-11-25-61)52-79(86)80-53-69(40-48-87(80)98)62-26-12-5-13-27-62)55-82(75)90-95-88(64-35-33-63(34-36-64)65-29-18-19-58(49-65)56-91)94-89(96-90)81-54-71(41-43-74(81)73-30-15-14-28-70(73)57-92)97-84-45-37-66(59-20-6-2-7-21-59)50-77(84)78-51-67(38-46-85(78)97)60-22-8-3-9-23-60/h2-55H. The summed E-state index contributed by atoms with van der Waals surface area (Å²) in [6.07, 6.45) is 0. The van der Waals surface area contributed by atoms with E-state index in [1.165, 1.54) is 0 Å². The van der Waals surface area contributed by atoms with Crippen molar-refractivity contribution in [3.05, 3.63) is 350 Å². The van der Waals surface area contributed by atoms with E-state index >= 15 is 0 Å². The third kappa shape index (κ3) is 10.4. The number of nitriles is 2. The lowest BCUT2D eigenvalue weighted by atomic mass is 9.94. The number of hydrogen-bond acceptors (Lipinski definition) is 5. The molecule has 0 N–H and O–H groups in total. The summed E-state index contributed by atoms with van der Waals surface area (Å²) in [6.45, 7) is 8.56. The van der Waals surface area contributed by atoms with Crippen molar-refractivity contribution in [3.63, 3.8) is 0 Å². The Balaban J connectivity index is 0.935. The zero-order chi connectivity index (χ0) is 65.6. The van der Waals surface area contributed by atoms with E-state index in [4.69, 9.17) is 21.5 Å². The molecule has 0 atom stereocenters. The Hall–Kier alpha value is -13.8. The second kappa shape index (κ2) is 24.6. The molecule has 0 aliphatic heterocycles. The average molecular weight is 1250 g/mol. The number of aromatic nitrogens is 5. The van der Waals surface area contributed by atoms with E-state index in [0.29, 0.717) is 45.4 Å². The molecule has 0 saturated heterocycles. The zero-order valence-electron chi connectivity index (χ0n) is 52.8. The molecule has 0 saturated carbocycles. The highest BCUT2D eigenvalue weighted by Crippen LogP contribution is 2.45. The Morgan fingerprint density at radius 1 is 0.265 bits per heavy atom. The monoisotopic (exact) mass is 1250 g/mol. The van der Waals surface area contributed by atoms with Crippen molar-refractivity contribution in [2.75, 3.05) is 0 Å². The molecule has 3 heterocycles. The van der Waals surface area contributed by atoms with Gasteiger partial charge in [0.1, 0.15) is 0 Å². The normalized spacial score (nSPS) is 11.2. The molecule has 0 fully saturated rings. The number of rotatable bonds is 12. The summed E-state index contributed by atoms with van der Waals surface area (Å²) in [4.78, 5) is 20.9. The van der Waals surface area contributed by atoms with Crippen molar-refractivity contribution in [3.8, 4) is 136 Å². The molecule has 0 unspecified atom stereocenters. The Morgan fingerprint density at radius 2 is 0.622 bits per heavy atom. The second-order valence-electron chi connectivity index (χ2n) is 24.4. The van der Waals surface area contributed by atoms with Gasteiger partial charge in [-0.1, -0.05) is 237 Å². The molecule has 0 spiro atoms. The average Bonchev–Trinajstić information content (AvgIpc) is 1.57. The maximum absolute atomic E-state index is 10.9. The summed E-state index contributed by atoms with van der Waals surface area (Å²) in [5.41, 5.74) is 23.1. The summed E-state index contributed by atoms with van der Waals surface area (Å²) in [6, 6.07) is 117. The Kier molecular flexibility index (Phi) is 14.5. The Morgan fingerprint density at radius 3 is 1.06 bits per heavy atom.